The summed E-state index contributed by atoms with van der Waals surface area (Å²) in [5.41, 5.74) is 3.99. The fraction of sp³-hybridized carbons (Fsp3) is 0.200. The Morgan fingerprint density at radius 1 is 1.35 bits per heavy atom. The highest BCUT2D eigenvalue weighted by atomic mass is 79.9. The molecule has 134 valence electrons. The van der Waals surface area contributed by atoms with Crippen LogP contribution in [-0.4, -0.2) is 22.7 Å². The van der Waals surface area contributed by atoms with Crippen molar-refractivity contribution in [2.45, 2.75) is 20.4 Å². The second kappa shape index (κ2) is 8.01. The van der Waals surface area contributed by atoms with Crippen molar-refractivity contribution in [3.63, 3.8) is 0 Å². The van der Waals surface area contributed by atoms with Crippen molar-refractivity contribution < 1.29 is 9.53 Å². The molecule has 26 heavy (non-hydrogen) atoms. The highest BCUT2D eigenvalue weighted by molar-refractivity contribution is 9.10. The molecule has 0 aliphatic carbocycles. The van der Waals surface area contributed by atoms with Crippen LogP contribution in [0.15, 0.2) is 46.3 Å². The summed E-state index contributed by atoms with van der Waals surface area (Å²) in [6.07, 6.45) is 3.44. The Morgan fingerprint density at radius 2 is 2.15 bits per heavy atom. The normalized spacial score (nSPS) is 11.2. The van der Waals surface area contributed by atoms with Crippen LogP contribution in [0.5, 0.6) is 5.75 Å². The van der Waals surface area contributed by atoms with Crippen LogP contribution in [0.4, 0.5) is 0 Å². The number of aryl methyl sites for hydroxylation is 1. The second-order valence-corrected chi connectivity index (χ2v) is 7.63. The van der Waals surface area contributed by atoms with Crippen LogP contribution in [-0.2, 0) is 6.54 Å². The molecule has 4 nitrogen and oxygen atoms in total. The smallest absolute Gasteiger partial charge is 0.195 e. The third-order valence-corrected chi connectivity index (χ3v) is 6.14. The van der Waals surface area contributed by atoms with E-state index in [0.717, 1.165) is 37.6 Å². The Balaban J connectivity index is 1.86. The topological polar surface area (TPSA) is 44.1 Å². The van der Waals surface area contributed by atoms with Gasteiger partial charge in [0.15, 0.2) is 5.78 Å². The molecule has 1 aromatic carbocycles. The lowest BCUT2D eigenvalue weighted by Crippen LogP contribution is -2.06. The molecule has 0 aliphatic rings. The average molecular weight is 431 g/mol. The fourth-order valence-electron chi connectivity index (χ4n) is 2.69. The van der Waals surface area contributed by atoms with Crippen LogP contribution in [0.3, 0.4) is 0 Å². The number of thiophene rings is 1. The van der Waals surface area contributed by atoms with Gasteiger partial charge in [-0.2, -0.15) is 5.10 Å². The van der Waals surface area contributed by atoms with Crippen molar-refractivity contribution in [1.29, 1.82) is 0 Å². The average Bonchev–Trinajstić information content (AvgIpc) is 3.26. The van der Waals surface area contributed by atoms with E-state index in [1.165, 1.54) is 11.3 Å². The van der Waals surface area contributed by atoms with Crippen molar-refractivity contribution in [2.24, 2.45) is 0 Å². The van der Waals surface area contributed by atoms with Crippen LogP contribution in [0.2, 0.25) is 0 Å². The van der Waals surface area contributed by atoms with Gasteiger partial charge in [-0.3, -0.25) is 9.48 Å². The van der Waals surface area contributed by atoms with Crippen molar-refractivity contribution in [1.82, 2.24) is 9.78 Å². The molecule has 3 aromatic rings. The van der Waals surface area contributed by atoms with E-state index in [4.69, 9.17) is 4.74 Å². The lowest BCUT2D eigenvalue weighted by atomic mass is 10.1. The van der Waals surface area contributed by atoms with E-state index >= 15 is 0 Å². The molecule has 6 heteroatoms. The summed E-state index contributed by atoms with van der Waals surface area (Å²) in [5, 5.41) is 6.46. The number of halogens is 1. The van der Waals surface area contributed by atoms with Crippen molar-refractivity contribution in [3.8, 4) is 5.75 Å². The molecule has 0 fully saturated rings. The van der Waals surface area contributed by atoms with Gasteiger partial charge in [0, 0.05) is 5.56 Å². The maximum Gasteiger partial charge on any atom is 0.195 e. The number of allylic oxidation sites excluding steroid dienone is 1. The molecular weight excluding hydrogens is 412 g/mol. The highest BCUT2D eigenvalue weighted by Gasteiger charge is 2.12. The number of ketones is 1. The molecule has 3 rings (SSSR count). The van der Waals surface area contributed by atoms with Gasteiger partial charge in [-0.1, -0.05) is 18.2 Å². The first-order valence-corrected chi connectivity index (χ1v) is 9.79. The summed E-state index contributed by atoms with van der Waals surface area (Å²) < 4.78 is 8.46. The van der Waals surface area contributed by atoms with Crippen LogP contribution in [0.25, 0.3) is 6.08 Å². The van der Waals surface area contributed by atoms with E-state index in [2.05, 4.69) is 21.0 Å². The molecule has 0 N–H and O–H groups in total. The molecule has 0 radical (unpaired) electrons. The van der Waals surface area contributed by atoms with E-state index < -0.39 is 0 Å². The third kappa shape index (κ3) is 3.97. The molecule has 0 bridgehead atoms. The predicted molar refractivity (Wildman–Crippen MR) is 109 cm³/mol. The van der Waals surface area contributed by atoms with E-state index in [-0.39, 0.29) is 5.78 Å². The number of carbonyl (C=O) groups excluding carboxylic acids is 1. The number of benzene rings is 1. The minimum absolute atomic E-state index is 0.0137. The number of carbonyl (C=O) groups is 1. The summed E-state index contributed by atoms with van der Waals surface area (Å²) in [4.78, 5) is 12.9. The molecule has 2 heterocycles. The Morgan fingerprint density at radius 3 is 2.77 bits per heavy atom. The molecule has 2 aromatic heterocycles. The van der Waals surface area contributed by atoms with Gasteiger partial charge in [0.05, 0.1) is 34.4 Å². The van der Waals surface area contributed by atoms with Gasteiger partial charge >= 0.3 is 0 Å². The first kappa shape index (κ1) is 18.6. The van der Waals surface area contributed by atoms with Gasteiger partial charge < -0.3 is 4.74 Å². The van der Waals surface area contributed by atoms with Crippen LogP contribution in [0, 0.1) is 13.8 Å². The molecule has 0 spiro atoms. The molecule has 0 saturated carbocycles. The molecule has 0 unspecified atom stereocenters. The standard InChI is InChI=1S/C20H19BrN2O2S/c1-13-20(21)14(2)23(22-13)12-16-11-15(7-9-18(16)25-3)6-8-17(24)19-5-4-10-26-19/h4-11H,12H2,1-3H3/b8-6+. The quantitative estimate of drug-likeness (QED) is 0.394. The minimum atomic E-state index is 0.0137. The monoisotopic (exact) mass is 430 g/mol. The zero-order valence-electron chi connectivity index (χ0n) is 14.8. The van der Waals surface area contributed by atoms with Crippen molar-refractivity contribution in [3.05, 3.63) is 73.7 Å². The number of nitrogens with zero attached hydrogens (tertiary/aromatic N) is 2. The Kier molecular flexibility index (Phi) is 5.74. The second-order valence-electron chi connectivity index (χ2n) is 5.89. The van der Waals surface area contributed by atoms with Gasteiger partial charge in [0.25, 0.3) is 0 Å². The van der Waals surface area contributed by atoms with Gasteiger partial charge in [-0.25, -0.2) is 0 Å². The molecule has 0 amide bonds. The Bertz CT molecular complexity index is 959. The number of rotatable bonds is 6. The molecule has 0 aliphatic heterocycles. The molecule has 0 atom stereocenters. The van der Waals surface area contributed by atoms with E-state index in [1.54, 1.807) is 13.2 Å². The number of hydrogen-bond acceptors (Lipinski definition) is 4. The van der Waals surface area contributed by atoms with Gasteiger partial charge in [-0.05, 0) is 65.0 Å². The summed E-state index contributed by atoms with van der Waals surface area (Å²) in [7, 11) is 1.66. The zero-order valence-corrected chi connectivity index (χ0v) is 17.2. The van der Waals surface area contributed by atoms with E-state index in [1.807, 2.05) is 60.3 Å². The summed E-state index contributed by atoms with van der Waals surface area (Å²) >= 11 is 5.01. The van der Waals surface area contributed by atoms with Gasteiger partial charge in [-0.15, -0.1) is 11.3 Å². The SMILES string of the molecule is COc1ccc(/C=C/C(=O)c2cccs2)cc1Cn1nc(C)c(Br)c1C. The van der Waals surface area contributed by atoms with Gasteiger partial charge in [0.2, 0.25) is 0 Å². The third-order valence-electron chi connectivity index (χ3n) is 4.11. The van der Waals surface area contributed by atoms with Crippen LogP contribution < -0.4 is 4.74 Å². The molecular formula is C20H19BrN2O2S. The number of ether oxygens (including phenoxy) is 1. The minimum Gasteiger partial charge on any atom is -0.496 e. The number of hydrogen-bond donors (Lipinski definition) is 0. The van der Waals surface area contributed by atoms with E-state index in [0.29, 0.717) is 6.54 Å². The first-order valence-electron chi connectivity index (χ1n) is 8.12. The van der Waals surface area contributed by atoms with Crippen molar-refractivity contribution >= 4 is 39.1 Å². The fourth-order valence-corrected chi connectivity index (χ4v) is 3.62. The van der Waals surface area contributed by atoms with Crippen LogP contribution >= 0.6 is 27.3 Å². The number of aromatic nitrogens is 2. The Hall–Kier alpha value is -2.18. The maximum absolute atomic E-state index is 12.1. The highest BCUT2D eigenvalue weighted by Crippen LogP contribution is 2.25. The van der Waals surface area contributed by atoms with Crippen LogP contribution in [0.1, 0.15) is 32.2 Å². The van der Waals surface area contributed by atoms with Crippen molar-refractivity contribution in [2.75, 3.05) is 7.11 Å². The largest absolute Gasteiger partial charge is 0.496 e. The summed E-state index contributed by atoms with van der Waals surface area (Å²) in [6, 6.07) is 9.60. The lowest BCUT2D eigenvalue weighted by Gasteiger charge is -2.11. The molecule has 0 saturated heterocycles. The number of methoxy groups -OCH3 is 1. The first-order chi connectivity index (χ1) is 12.5. The zero-order chi connectivity index (χ0) is 18.7. The predicted octanol–water partition coefficient (Wildman–Crippen LogP) is 5.28. The summed E-state index contributed by atoms with van der Waals surface area (Å²) in [6.45, 7) is 4.60. The van der Waals surface area contributed by atoms with E-state index in [9.17, 15) is 4.79 Å². The van der Waals surface area contributed by atoms with Gasteiger partial charge in [0.1, 0.15) is 5.75 Å². The Labute approximate surface area is 165 Å². The maximum atomic E-state index is 12.1. The lowest BCUT2D eigenvalue weighted by molar-refractivity contribution is 0.105. The summed E-state index contributed by atoms with van der Waals surface area (Å²) in [5.74, 6) is 0.815.